The summed E-state index contributed by atoms with van der Waals surface area (Å²) in [5.74, 6) is 0.0787. The highest BCUT2D eigenvalue weighted by Crippen LogP contribution is 1.98. The zero-order valence-corrected chi connectivity index (χ0v) is 5.54. The van der Waals surface area contributed by atoms with Gasteiger partial charge in [0.1, 0.15) is 18.6 Å². The van der Waals surface area contributed by atoms with Crippen molar-refractivity contribution in [3.8, 4) is 0 Å². The van der Waals surface area contributed by atoms with Crippen LogP contribution in [0.4, 0.5) is 5.82 Å². The van der Waals surface area contributed by atoms with Gasteiger partial charge in [0, 0.05) is 10.6 Å². The Kier molecular flexibility index (Phi) is 1.00. The highest BCUT2D eigenvalue weighted by molar-refractivity contribution is 5.04. The van der Waals surface area contributed by atoms with E-state index in [0.717, 1.165) is 0 Å². The Hall–Kier alpha value is -1.78. The molecule has 0 unspecified atom stereocenters. The van der Waals surface area contributed by atoms with Gasteiger partial charge in [-0.1, -0.05) is 4.52 Å². The summed E-state index contributed by atoms with van der Waals surface area (Å²) >= 11 is 0. The van der Waals surface area contributed by atoms with Gasteiger partial charge in [0.25, 0.3) is 0 Å². The monoisotopic (exact) mass is 151 g/mol. The Balaban J connectivity index is 2.78. The van der Waals surface area contributed by atoms with E-state index in [0.29, 0.717) is 0 Å². The molecule has 0 aliphatic rings. The maximum atomic E-state index is 10.3. The lowest BCUT2D eigenvalue weighted by molar-refractivity contribution is -1.12. The molecule has 0 spiro atoms. The Morgan fingerprint density at radius 2 is 2.36 bits per heavy atom. The number of nitrogens with zero attached hydrogens (tertiary/aromatic N) is 3. The van der Waals surface area contributed by atoms with Crippen molar-refractivity contribution < 1.29 is 14.0 Å². The van der Waals surface area contributed by atoms with E-state index >= 15 is 0 Å². The van der Waals surface area contributed by atoms with Gasteiger partial charge in [-0.2, -0.15) is 0 Å². The van der Waals surface area contributed by atoms with E-state index in [4.69, 9.17) is 0 Å². The standard InChI is InChI=1S/C6H5N3O2/c10-9(11)6-2-5-7-3-1-4-8(6)7/h1-5H. The topological polar surface area (TPSA) is 51.3 Å². The van der Waals surface area contributed by atoms with Crippen molar-refractivity contribution in [3.63, 3.8) is 0 Å². The van der Waals surface area contributed by atoms with Crippen molar-refractivity contribution in [1.82, 2.24) is 0 Å². The Morgan fingerprint density at radius 1 is 1.55 bits per heavy atom. The first kappa shape index (κ1) is 5.96. The van der Waals surface area contributed by atoms with Crippen LogP contribution in [0.25, 0.3) is 0 Å². The fourth-order valence-corrected chi connectivity index (χ4v) is 1.04. The van der Waals surface area contributed by atoms with E-state index in [1.807, 2.05) is 0 Å². The first-order valence-corrected chi connectivity index (χ1v) is 3.08. The van der Waals surface area contributed by atoms with Gasteiger partial charge >= 0.3 is 5.82 Å². The van der Waals surface area contributed by atoms with Crippen molar-refractivity contribution in [2.75, 3.05) is 0 Å². The molecule has 0 fully saturated rings. The molecule has 0 radical (unpaired) electrons. The van der Waals surface area contributed by atoms with Crippen molar-refractivity contribution in [2.24, 2.45) is 0 Å². The molecule has 2 rings (SSSR count). The van der Waals surface area contributed by atoms with E-state index in [2.05, 4.69) is 0 Å². The van der Waals surface area contributed by atoms with Crippen LogP contribution in [0.5, 0.6) is 0 Å². The number of hydrogen-bond acceptors (Lipinski definition) is 2. The van der Waals surface area contributed by atoms with Crippen molar-refractivity contribution in [3.05, 3.63) is 40.8 Å². The lowest BCUT2D eigenvalue weighted by Crippen LogP contribution is -2.46. The van der Waals surface area contributed by atoms with Crippen LogP contribution in [0, 0.1) is 10.1 Å². The SMILES string of the molecule is O=[N+]([O-])c1c[cH-][n+]2cc[cH-][n+]12. The highest BCUT2D eigenvalue weighted by Gasteiger charge is 2.18. The average Bonchev–Trinajstić information content (AvgIpc) is 2.41. The van der Waals surface area contributed by atoms with Gasteiger partial charge in [0.2, 0.25) is 0 Å². The van der Waals surface area contributed by atoms with Gasteiger partial charge in [-0.3, -0.25) is 10.1 Å². The first-order chi connectivity index (χ1) is 5.29. The number of nitro groups is 1. The van der Waals surface area contributed by atoms with Gasteiger partial charge in [-0.25, -0.2) is 0 Å². The third kappa shape index (κ3) is 0.706. The second-order valence-corrected chi connectivity index (χ2v) is 2.15. The fourth-order valence-electron chi connectivity index (χ4n) is 1.04. The number of aromatic nitrogens is 2. The number of fused-ring (bicyclic) bond motifs is 1. The second kappa shape index (κ2) is 1.85. The minimum Gasteiger partial charge on any atom is -0.265 e. The van der Waals surface area contributed by atoms with Gasteiger partial charge in [0.15, 0.2) is 0 Å². The summed E-state index contributed by atoms with van der Waals surface area (Å²) in [6.45, 7) is 0. The third-order valence-electron chi connectivity index (χ3n) is 1.51. The van der Waals surface area contributed by atoms with Gasteiger partial charge < -0.3 is 0 Å². The van der Waals surface area contributed by atoms with Crippen molar-refractivity contribution >= 4 is 5.82 Å². The Labute approximate surface area is 61.6 Å². The summed E-state index contributed by atoms with van der Waals surface area (Å²) in [5, 5.41) is 10.3. The molecule has 5 nitrogen and oxygen atoms in total. The molecular weight excluding hydrogens is 146 g/mol. The summed E-state index contributed by atoms with van der Waals surface area (Å²) in [7, 11) is 0. The predicted octanol–water partition coefficient (Wildman–Crippen LogP) is -0.643. The molecule has 0 aliphatic heterocycles. The second-order valence-electron chi connectivity index (χ2n) is 2.15. The molecule has 0 bridgehead atoms. The molecule has 0 aliphatic carbocycles. The number of rotatable bonds is 1. The average molecular weight is 151 g/mol. The molecule has 11 heavy (non-hydrogen) atoms. The molecule has 5 heteroatoms. The predicted molar refractivity (Wildman–Crippen MR) is 33.1 cm³/mol. The van der Waals surface area contributed by atoms with Crippen LogP contribution in [0.3, 0.4) is 0 Å². The highest BCUT2D eigenvalue weighted by atomic mass is 16.6. The molecule has 0 amide bonds. The van der Waals surface area contributed by atoms with Gasteiger partial charge in [-0.05, 0) is 6.07 Å². The summed E-state index contributed by atoms with van der Waals surface area (Å²) in [6.07, 6.45) is 5.02. The number of hydrogen-bond donors (Lipinski definition) is 0. The molecular formula is C6H5N3O2. The lowest BCUT2D eigenvalue weighted by atomic mass is 10.6. The van der Waals surface area contributed by atoms with Crippen LogP contribution in [-0.4, -0.2) is 4.92 Å². The minimum absolute atomic E-state index is 0.0787. The van der Waals surface area contributed by atoms with Crippen LogP contribution in [-0.2, 0) is 0 Å². The Bertz CT molecular complexity index is 401. The van der Waals surface area contributed by atoms with Crippen molar-refractivity contribution in [1.29, 1.82) is 0 Å². The summed E-state index contributed by atoms with van der Waals surface area (Å²) in [5.41, 5.74) is 0. The summed E-state index contributed by atoms with van der Waals surface area (Å²) in [4.78, 5) is 9.93. The molecule has 0 aromatic carbocycles. The molecule has 2 heterocycles. The van der Waals surface area contributed by atoms with Gasteiger partial charge in [-0.15, -0.1) is 0 Å². The zero-order valence-electron chi connectivity index (χ0n) is 5.54. The molecule has 0 saturated carbocycles. The van der Waals surface area contributed by atoms with E-state index in [1.165, 1.54) is 10.6 Å². The largest absolute Gasteiger partial charge is 0.463 e. The molecule has 2 aromatic heterocycles. The molecule has 0 N–H and O–H groups in total. The van der Waals surface area contributed by atoms with E-state index in [9.17, 15) is 10.1 Å². The maximum absolute atomic E-state index is 10.3. The molecule has 56 valence electrons. The van der Waals surface area contributed by atoms with Crippen LogP contribution in [0.15, 0.2) is 30.7 Å². The van der Waals surface area contributed by atoms with E-state index < -0.39 is 4.92 Å². The molecule has 0 atom stereocenters. The van der Waals surface area contributed by atoms with Crippen LogP contribution in [0.1, 0.15) is 0 Å². The maximum Gasteiger partial charge on any atom is 0.463 e. The van der Waals surface area contributed by atoms with Crippen LogP contribution in [0.2, 0.25) is 0 Å². The third-order valence-corrected chi connectivity index (χ3v) is 1.51. The summed E-state index contributed by atoms with van der Waals surface area (Å²) < 4.78 is 3.10. The summed E-state index contributed by atoms with van der Waals surface area (Å²) in [6, 6.07) is 3.20. The van der Waals surface area contributed by atoms with E-state index in [1.54, 1.807) is 29.2 Å². The van der Waals surface area contributed by atoms with E-state index in [-0.39, 0.29) is 5.82 Å². The van der Waals surface area contributed by atoms with Gasteiger partial charge in [0.05, 0.1) is 4.92 Å². The van der Waals surface area contributed by atoms with Crippen LogP contribution >= 0.6 is 0 Å². The molecule has 2 aromatic rings. The first-order valence-electron chi connectivity index (χ1n) is 3.08. The lowest BCUT2D eigenvalue weighted by Gasteiger charge is -1.78. The van der Waals surface area contributed by atoms with Crippen LogP contribution < -0.4 is 9.03 Å². The smallest absolute Gasteiger partial charge is 0.265 e. The minimum atomic E-state index is -0.417. The Morgan fingerprint density at radius 3 is 3.09 bits per heavy atom. The molecule has 0 saturated heterocycles. The zero-order chi connectivity index (χ0) is 7.84. The van der Waals surface area contributed by atoms with Crippen molar-refractivity contribution in [2.45, 2.75) is 0 Å². The fraction of sp³-hybridized carbons (Fsp3) is 0. The quantitative estimate of drug-likeness (QED) is 0.235. The normalized spacial score (nSPS) is 10.5.